The van der Waals surface area contributed by atoms with E-state index in [2.05, 4.69) is 21.4 Å². The molecule has 29 heavy (non-hydrogen) atoms. The molecule has 0 unspecified atom stereocenters. The van der Waals surface area contributed by atoms with Crippen LogP contribution in [0.5, 0.6) is 11.5 Å². The summed E-state index contributed by atoms with van der Waals surface area (Å²) in [5.74, 6) is 2.03. The van der Waals surface area contributed by atoms with Crippen LogP contribution in [0.15, 0.2) is 30.6 Å². The second-order valence-corrected chi connectivity index (χ2v) is 7.52. The zero-order valence-corrected chi connectivity index (χ0v) is 17.0. The van der Waals surface area contributed by atoms with Gasteiger partial charge in [0, 0.05) is 31.8 Å². The monoisotopic (exact) mass is 396 g/mol. The molecule has 154 valence electrons. The van der Waals surface area contributed by atoms with E-state index in [1.807, 2.05) is 13.8 Å². The molecule has 0 aliphatic heterocycles. The zero-order valence-electron chi connectivity index (χ0n) is 17.0. The van der Waals surface area contributed by atoms with E-state index < -0.39 is 0 Å². The van der Waals surface area contributed by atoms with Crippen LogP contribution in [-0.4, -0.2) is 35.1 Å². The highest BCUT2D eigenvalue weighted by Gasteiger charge is 2.24. The number of benzene rings is 1. The fourth-order valence-corrected chi connectivity index (χ4v) is 3.38. The number of methoxy groups -OCH3 is 1. The van der Waals surface area contributed by atoms with E-state index in [0.717, 1.165) is 31.5 Å². The molecule has 1 saturated carbocycles. The molecule has 3 rings (SSSR count). The maximum Gasteiger partial charge on any atom is 0.254 e. The molecule has 1 N–H and O–H groups in total. The molecule has 1 aliphatic rings. The van der Waals surface area contributed by atoms with Crippen LogP contribution < -0.4 is 14.8 Å². The summed E-state index contributed by atoms with van der Waals surface area (Å²) in [7, 11) is 1.54. The van der Waals surface area contributed by atoms with Crippen molar-refractivity contribution in [3.8, 4) is 17.6 Å². The van der Waals surface area contributed by atoms with Crippen molar-refractivity contribution in [3.05, 3.63) is 47.5 Å². The van der Waals surface area contributed by atoms with E-state index in [1.54, 1.807) is 30.6 Å². The number of nitriles is 1. The normalized spacial score (nSPS) is 18.7. The first-order valence-corrected chi connectivity index (χ1v) is 9.87. The van der Waals surface area contributed by atoms with E-state index in [0.29, 0.717) is 22.6 Å². The average molecular weight is 396 g/mol. The molecule has 0 atom stereocenters. The molecule has 1 aliphatic carbocycles. The summed E-state index contributed by atoms with van der Waals surface area (Å²) in [5.41, 5.74) is 0.967. The number of carbonyl (C=O) groups excluding carboxylic acids is 1. The highest BCUT2D eigenvalue weighted by atomic mass is 16.5. The van der Waals surface area contributed by atoms with E-state index in [9.17, 15) is 4.79 Å². The molecular formula is C22H28N4O3. The van der Waals surface area contributed by atoms with Crippen LogP contribution in [0.2, 0.25) is 0 Å². The van der Waals surface area contributed by atoms with Gasteiger partial charge in [-0.15, -0.1) is 0 Å². The molecule has 1 aromatic carbocycles. The second-order valence-electron chi connectivity index (χ2n) is 7.52. The molecule has 0 bridgehead atoms. The summed E-state index contributed by atoms with van der Waals surface area (Å²) in [5, 5.41) is 12.1. The molecule has 7 nitrogen and oxygen atoms in total. The number of nitrogens with one attached hydrogen (secondary N) is 1. The number of rotatable bonds is 6. The van der Waals surface area contributed by atoms with E-state index >= 15 is 0 Å². The topological polar surface area (TPSA) is 97.1 Å². The lowest BCUT2D eigenvalue weighted by Gasteiger charge is -2.29. The third-order valence-corrected chi connectivity index (χ3v) is 5.06. The maximum absolute atomic E-state index is 12.4. The van der Waals surface area contributed by atoms with Crippen LogP contribution in [0.3, 0.4) is 0 Å². The molecule has 0 spiro atoms. The van der Waals surface area contributed by atoms with Crippen LogP contribution in [0.4, 0.5) is 0 Å². The van der Waals surface area contributed by atoms with Crippen molar-refractivity contribution in [1.29, 1.82) is 5.26 Å². The second kappa shape index (κ2) is 9.37. The molecule has 1 amide bonds. The Labute approximate surface area is 172 Å². The minimum absolute atomic E-state index is 0. The van der Waals surface area contributed by atoms with Gasteiger partial charge in [0.1, 0.15) is 23.4 Å². The lowest BCUT2D eigenvalue weighted by molar-refractivity contribution is 0.0893. The number of nitrogens with zero attached hydrogens (tertiary/aromatic N) is 3. The first-order chi connectivity index (χ1) is 14.0. The van der Waals surface area contributed by atoms with Crippen LogP contribution in [-0.2, 0) is 0 Å². The summed E-state index contributed by atoms with van der Waals surface area (Å²) in [6, 6.07) is 7.44. The van der Waals surface area contributed by atoms with Gasteiger partial charge in [-0.25, -0.2) is 9.97 Å². The van der Waals surface area contributed by atoms with Crippen LogP contribution in [0.25, 0.3) is 0 Å². The number of hydrogen-bond acceptors (Lipinski definition) is 6. The van der Waals surface area contributed by atoms with E-state index in [-0.39, 0.29) is 25.4 Å². The fourth-order valence-electron chi connectivity index (χ4n) is 3.38. The standard InChI is InChI=1S/C22H26N4O3.H2/c1-14(2)21-24-12-16(13-25-21)22(27)26-17-5-8-18(9-6-17)29-19-7-4-15(11-23)20(10-19)28-3;/h4,7,10,12-14,17-18H,5-6,8-9H2,1-3H3,(H,26,27);1H. The van der Waals surface area contributed by atoms with Crippen molar-refractivity contribution in [3.63, 3.8) is 0 Å². The molecule has 0 radical (unpaired) electrons. The molecule has 1 aromatic heterocycles. The smallest absolute Gasteiger partial charge is 0.254 e. The molecular weight excluding hydrogens is 368 g/mol. The quantitative estimate of drug-likeness (QED) is 0.797. The molecule has 1 fully saturated rings. The van der Waals surface area contributed by atoms with Crippen LogP contribution >= 0.6 is 0 Å². The molecule has 0 saturated heterocycles. The van der Waals surface area contributed by atoms with Crippen molar-refractivity contribution in [2.75, 3.05) is 7.11 Å². The van der Waals surface area contributed by atoms with Crippen molar-refractivity contribution in [2.45, 2.75) is 57.6 Å². The first-order valence-electron chi connectivity index (χ1n) is 9.87. The van der Waals surface area contributed by atoms with Gasteiger partial charge in [-0.2, -0.15) is 5.26 Å². The molecule has 2 aromatic rings. The minimum Gasteiger partial charge on any atom is -0.495 e. The number of carbonyl (C=O) groups is 1. The summed E-state index contributed by atoms with van der Waals surface area (Å²) < 4.78 is 11.3. The lowest BCUT2D eigenvalue weighted by Crippen LogP contribution is -2.39. The van der Waals surface area contributed by atoms with Gasteiger partial charge in [-0.05, 0) is 37.8 Å². The van der Waals surface area contributed by atoms with E-state index in [1.165, 1.54) is 7.11 Å². The third kappa shape index (κ3) is 5.23. The minimum atomic E-state index is -0.137. The van der Waals surface area contributed by atoms with Gasteiger partial charge in [0.25, 0.3) is 5.91 Å². The fraction of sp³-hybridized carbons (Fsp3) is 0.455. The summed E-state index contributed by atoms with van der Waals surface area (Å²) in [6.07, 6.45) is 6.62. The van der Waals surface area contributed by atoms with Gasteiger partial charge in [-0.3, -0.25) is 4.79 Å². The summed E-state index contributed by atoms with van der Waals surface area (Å²) in [6.45, 7) is 4.03. The first kappa shape index (κ1) is 20.6. The highest BCUT2D eigenvalue weighted by Crippen LogP contribution is 2.28. The lowest BCUT2D eigenvalue weighted by atomic mass is 9.92. The Bertz CT molecular complexity index is 888. The van der Waals surface area contributed by atoms with Gasteiger partial charge < -0.3 is 14.8 Å². The van der Waals surface area contributed by atoms with Crippen molar-refractivity contribution < 1.29 is 15.7 Å². The third-order valence-electron chi connectivity index (χ3n) is 5.06. The summed E-state index contributed by atoms with van der Waals surface area (Å²) in [4.78, 5) is 20.9. The Morgan fingerprint density at radius 3 is 2.52 bits per heavy atom. The van der Waals surface area contributed by atoms with Crippen molar-refractivity contribution in [2.24, 2.45) is 0 Å². The molecule has 1 heterocycles. The number of amides is 1. The van der Waals surface area contributed by atoms with Crippen molar-refractivity contribution in [1.82, 2.24) is 15.3 Å². The van der Waals surface area contributed by atoms with Gasteiger partial charge in [-0.1, -0.05) is 13.8 Å². The van der Waals surface area contributed by atoms with Gasteiger partial charge in [0.15, 0.2) is 0 Å². The zero-order chi connectivity index (χ0) is 20.8. The highest BCUT2D eigenvalue weighted by molar-refractivity contribution is 5.93. The Morgan fingerprint density at radius 2 is 1.93 bits per heavy atom. The number of hydrogen-bond donors (Lipinski definition) is 1. The largest absolute Gasteiger partial charge is 0.495 e. The number of ether oxygens (including phenoxy) is 2. The Hall–Kier alpha value is -3.14. The predicted molar refractivity (Wildman–Crippen MR) is 110 cm³/mol. The van der Waals surface area contributed by atoms with Crippen LogP contribution in [0, 0.1) is 11.3 Å². The Morgan fingerprint density at radius 1 is 1.24 bits per heavy atom. The van der Waals surface area contributed by atoms with Crippen LogP contribution in [0.1, 0.15) is 68.6 Å². The Balaban J connectivity index is 0.00000320. The summed E-state index contributed by atoms with van der Waals surface area (Å²) >= 11 is 0. The Kier molecular flexibility index (Phi) is 6.65. The maximum atomic E-state index is 12.4. The van der Waals surface area contributed by atoms with Gasteiger partial charge in [0.2, 0.25) is 0 Å². The SMILES string of the molecule is COc1cc(OC2CCC(NC(=O)c3cnc(C(C)C)nc3)CC2)ccc1C#N.[HH]. The molecule has 7 heteroatoms. The van der Waals surface area contributed by atoms with Gasteiger partial charge in [0.05, 0.1) is 24.3 Å². The number of aromatic nitrogens is 2. The van der Waals surface area contributed by atoms with E-state index in [4.69, 9.17) is 14.7 Å². The average Bonchev–Trinajstić information content (AvgIpc) is 2.75. The van der Waals surface area contributed by atoms with Crippen molar-refractivity contribution >= 4 is 5.91 Å². The predicted octanol–water partition coefficient (Wildman–Crippen LogP) is 3.85. The van der Waals surface area contributed by atoms with Gasteiger partial charge >= 0.3 is 0 Å².